The summed E-state index contributed by atoms with van der Waals surface area (Å²) in [4.78, 5) is 46.1. The molecule has 9 nitrogen and oxygen atoms in total. The number of ether oxygens (including phenoxy) is 1. The highest BCUT2D eigenvalue weighted by atomic mass is 35.5. The van der Waals surface area contributed by atoms with Gasteiger partial charge in [0.25, 0.3) is 0 Å². The minimum Gasteiger partial charge on any atom is -0.493 e. The highest BCUT2D eigenvalue weighted by Gasteiger charge is 2.47. The number of carbonyl (C=O) groups excluding carboxylic acids is 3. The number of benzene rings is 2. The molecule has 46 heavy (non-hydrogen) atoms. The Bertz CT molecular complexity index is 1480. The zero-order valence-corrected chi connectivity index (χ0v) is 27.0. The van der Waals surface area contributed by atoms with E-state index >= 15 is 4.39 Å². The van der Waals surface area contributed by atoms with Gasteiger partial charge in [-0.15, -0.1) is 0 Å². The van der Waals surface area contributed by atoms with Crippen molar-refractivity contribution < 1.29 is 27.9 Å². The van der Waals surface area contributed by atoms with Crippen LogP contribution in [0.15, 0.2) is 30.3 Å². The van der Waals surface area contributed by atoms with Crippen LogP contribution >= 0.6 is 11.6 Å². The van der Waals surface area contributed by atoms with Crippen LogP contribution in [0.4, 0.5) is 14.5 Å². The molecule has 0 spiro atoms. The molecule has 4 aliphatic rings. The van der Waals surface area contributed by atoms with E-state index in [2.05, 4.69) is 20.9 Å². The van der Waals surface area contributed by atoms with Gasteiger partial charge in [-0.1, -0.05) is 37.8 Å². The largest absolute Gasteiger partial charge is 0.493 e. The molecule has 2 aromatic rings. The summed E-state index contributed by atoms with van der Waals surface area (Å²) in [7, 11) is 1.72. The van der Waals surface area contributed by atoms with Crippen molar-refractivity contribution in [2.45, 2.75) is 88.5 Å². The van der Waals surface area contributed by atoms with E-state index in [0.29, 0.717) is 24.3 Å². The van der Waals surface area contributed by atoms with E-state index in [0.717, 1.165) is 55.5 Å². The van der Waals surface area contributed by atoms with E-state index in [1.165, 1.54) is 0 Å². The van der Waals surface area contributed by atoms with Crippen molar-refractivity contribution in [2.75, 3.05) is 31.6 Å². The fourth-order valence-electron chi connectivity index (χ4n) is 7.74. The van der Waals surface area contributed by atoms with Crippen LogP contribution in [-0.4, -0.2) is 73.5 Å². The average Bonchev–Trinajstić information content (AvgIpc) is 3.39. The molecule has 3 heterocycles. The lowest BCUT2D eigenvalue weighted by Gasteiger charge is -2.46. The summed E-state index contributed by atoms with van der Waals surface area (Å²) >= 11 is 6.32. The predicted octanol–water partition coefficient (Wildman–Crippen LogP) is 4.26. The summed E-state index contributed by atoms with van der Waals surface area (Å²) in [6.45, 7) is 2.58. The van der Waals surface area contributed by atoms with Crippen molar-refractivity contribution >= 4 is 35.0 Å². The fourth-order valence-corrected chi connectivity index (χ4v) is 7.93. The lowest BCUT2D eigenvalue weighted by Crippen LogP contribution is -2.67. The Hall–Kier alpha value is -3.44. The lowest BCUT2D eigenvalue weighted by molar-refractivity contribution is -0.146. The molecule has 6 rings (SSSR count). The molecular formula is C34H42ClF2N5O4. The standard InChI is InChI=1S/C34H42ClF2N5O4/c1-3-25(38-2)32(43)40-31(19-7-5-4-6-8-19)34(45)42-17-23-14-20-13-21(35)9-10-27(20)41(23)18-28(42)33(44)39-26-11-12-46-29-16-22(36)15-24(37)30(26)29/h9-10,13,15-16,19,23,25-26,28,31,38H,3-8,11-12,14,17-18H2,1-2H3,(H,39,44)(H,40,43)/t23-,25-,26+,28-,31-/m0/s1. The molecule has 2 aromatic carbocycles. The van der Waals surface area contributed by atoms with Crippen LogP contribution in [0.2, 0.25) is 5.02 Å². The van der Waals surface area contributed by atoms with Gasteiger partial charge in [-0.3, -0.25) is 14.4 Å². The molecule has 0 radical (unpaired) electrons. The smallest absolute Gasteiger partial charge is 0.246 e. The van der Waals surface area contributed by atoms with Gasteiger partial charge >= 0.3 is 0 Å². The molecule has 1 saturated heterocycles. The summed E-state index contributed by atoms with van der Waals surface area (Å²) in [6.07, 6.45) is 6.16. The van der Waals surface area contributed by atoms with Crippen molar-refractivity contribution in [3.8, 4) is 5.75 Å². The number of halogens is 3. The number of fused-ring (bicyclic) bond motifs is 4. The Morgan fingerprint density at radius 1 is 1.07 bits per heavy atom. The lowest BCUT2D eigenvalue weighted by atomic mass is 9.82. The topological polar surface area (TPSA) is 103 Å². The van der Waals surface area contributed by atoms with Gasteiger partial charge in [-0.2, -0.15) is 0 Å². The Labute approximate surface area is 273 Å². The molecule has 3 N–H and O–H groups in total. The van der Waals surface area contributed by atoms with Crippen LogP contribution < -0.4 is 25.6 Å². The van der Waals surface area contributed by atoms with Gasteiger partial charge < -0.3 is 30.5 Å². The molecule has 3 amide bonds. The first-order valence-corrected chi connectivity index (χ1v) is 16.8. The quantitative estimate of drug-likeness (QED) is 0.392. The maximum Gasteiger partial charge on any atom is 0.246 e. The summed E-state index contributed by atoms with van der Waals surface area (Å²) in [5.74, 6) is -2.49. The summed E-state index contributed by atoms with van der Waals surface area (Å²) in [5, 5.41) is 9.70. The number of likely N-dealkylation sites (N-methyl/N-ethyl adjacent to an activating group) is 1. The van der Waals surface area contributed by atoms with Crippen LogP contribution in [0.1, 0.15) is 69.0 Å². The number of hydrogen-bond donors (Lipinski definition) is 3. The number of amides is 3. The Kier molecular flexibility index (Phi) is 9.70. The normalized spacial score (nSPS) is 23.8. The van der Waals surface area contributed by atoms with E-state index in [9.17, 15) is 18.8 Å². The van der Waals surface area contributed by atoms with Crippen LogP contribution in [0, 0.1) is 17.6 Å². The zero-order valence-electron chi connectivity index (χ0n) is 26.3. The number of rotatable bonds is 8. The predicted molar refractivity (Wildman–Crippen MR) is 171 cm³/mol. The highest BCUT2D eigenvalue weighted by molar-refractivity contribution is 6.30. The van der Waals surface area contributed by atoms with Crippen molar-refractivity contribution in [2.24, 2.45) is 5.92 Å². The monoisotopic (exact) mass is 657 g/mol. The first-order valence-electron chi connectivity index (χ1n) is 16.4. The van der Waals surface area contributed by atoms with Crippen LogP contribution in [-0.2, 0) is 20.8 Å². The molecule has 1 aliphatic carbocycles. The maximum atomic E-state index is 15.0. The van der Waals surface area contributed by atoms with Crippen molar-refractivity contribution in [3.63, 3.8) is 0 Å². The first-order chi connectivity index (χ1) is 22.2. The highest BCUT2D eigenvalue weighted by Crippen LogP contribution is 2.39. The summed E-state index contributed by atoms with van der Waals surface area (Å²) in [6, 6.07) is 4.60. The third kappa shape index (κ3) is 6.40. The number of nitrogens with zero attached hydrogens (tertiary/aromatic N) is 2. The third-order valence-corrected chi connectivity index (χ3v) is 10.4. The first kappa shape index (κ1) is 32.5. The summed E-state index contributed by atoms with van der Waals surface area (Å²) in [5.41, 5.74) is 2.11. The molecule has 248 valence electrons. The van der Waals surface area contributed by atoms with Gasteiger partial charge in [-0.05, 0) is 62.4 Å². The maximum absolute atomic E-state index is 15.0. The molecular weight excluding hydrogens is 616 g/mol. The number of anilines is 1. The van der Waals surface area contributed by atoms with Gasteiger partial charge in [0, 0.05) is 42.4 Å². The number of hydrogen-bond acceptors (Lipinski definition) is 6. The van der Waals surface area contributed by atoms with E-state index in [1.807, 2.05) is 25.1 Å². The van der Waals surface area contributed by atoms with Gasteiger partial charge in [0.15, 0.2) is 0 Å². The van der Waals surface area contributed by atoms with Crippen LogP contribution in [0.5, 0.6) is 5.75 Å². The zero-order chi connectivity index (χ0) is 32.5. The van der Waals surface area contributed by atoms with E-state index in [-0.39, 0.29) is 54.8 Å². The van der Waals surface area contributed by atoms with Crippen molar-refractivity contribution in [3.05, 3.63) is 58.1 Å². The molecule has 0 bridgehead atoms. The third-order valence-electron chi connectivity index (χ3n) is 10.1. The Morgan fingerprint density at radius 2 is 1.85 bits per heavy atom. The second kappa shape index (κ2) is 13.7. The molecule has 0 aromatic heterocycles. The van der Waals surface area contributed by atoms with E-state index < -0.39 is 41.7 Å². The van der Waals surface area contributed by atoms with E-state index in [1.54, 1.807) is 11.9 Å². The molecule has 5 atom stereocenters. The minimum absolute atomic E-state index is 0.0488. The van der Waals surface area contributed by atoms with Crippen molar-refractivity contribution in [1.82, 2.24) is 20.9 Å². The van der Waals surface area contributed by atoms with Gasteiger partial charge in [-0.25, -0.2) is 8.78 Å². The average molecular weight is 658 g/mol. The van der Waals surface area contributed by atoms with E-state index in [4.69, 9.17) is 16.3 Å². The van der Waals surface area contributed by atoms with Gasteiger partial charge in [0.2, 0.25) is 17.7 Å². The molecule has 3 aliphatic heterocycles. The van der Waals surface area contributed by atoms with Crippen LogP contribution in [0.3, 0.4) is 0 Å². The minimum atomic E-state index is -0.922. The number of carbonyl (C=O) groups is 3. The molecule has 0 unspecified atom stereocenters. The fraction of sp³-hybridized carbons (Fsp3) is 0.559. The van der Waals surface area contributed by atoms with Crippen molar-refractivity contribution in [1.29, 1.82) is 0 Å². The van der Waals surface area contributed by atoms with Gasteiger partial charge in [0.1, 0.15) is 29.5 Å². The molecule has 1 saturated carbocycles. The Balaban J connectivity index is 1.32. The second-order valence-corrected chi connectivity index (χ2v) is 13.4. The van der Waals surface area contributed by atoms with Crippen LogP contribution in [0.25, 0.3) is 0 Å². The Morgan fingerprint density at radius 3 is 2.59 bits per heavy atom. The molecule has 2 fully saturated rings. The second-order valence-electron chi connectivity index (χ2n) is 12.9. The summed E-state index contributed by atoms with van der Waals surface area (Å²) < 4.78 is 34.5. The number of nitrogens with one attached hydrogen (secondary N) is 3. The number of piperazine rings is 1. The van der Waals surface area contributed by atoms with Gasteiger partial charge in [0.05, 0.1) is 30.3 Å². The molecule has 12 heteroatoms. The SMILES string of the molecule is CC[C@H](NC)C(=O)N[C@H](C(=O)N1C[C@@H]2Cc3cc(Cl)ccc3N2C[C@H]1C(=O)N[C@@H]1CCOc2cc(F)cc(F)c21)C1CCCCC1.